The predicted molar refractivity (Wildman–Crippen MR) is 168 cm³/mol. The molecule has 2 saturated heterocycles. The predicted octanol–water partition coefficient (Wildman–Crippen LogP) is 5.68. The summed E-state index contributed by atoms with van der Waals surface area (Å²) in [6, 6.07) is 1.90. The van der Waals surface area contributed by atoms with E-state index in [1.54, 1.807) is 12.4 Å². The first-order valence-corrected chi connectivity index (χ1v) is 16.3. The molecule has 6 bridgehead atoms. The molecule has 4 aliphatic heterocycles. The number of benzene rings is 1. The first-order valence-electron chi connectivity index (χ1n) is 16.3. The number of aromatic nitrogens is 5. The maximum atomic E-state index is 17.1. The maximum Gasteiger partial charge on any atom is 0.407 e. The van der Waals surface area contributed by atoms with Crippen LogP contribution < -0.4 is 15.0 Å². The Balaban J connectivity index is 1.29. The smallest absolute Gasteiger partial charge is 0.407 e. The average Bonchev–Trinajstić information content (AvgIpc) is 3.62. The SMILES string of the molecule is Cc1cc2[nH]ncc2c2c1[C@H]1C[C@H]1CCOC(=O)N[C@]1(C)CCCN(C1)c1nc(OCN3CCCC(F)(F)C3)nc3c(F)c-2ncc13. The molecule has 248 valence electrons. The monoisotopic (exact) mass is 650 g/mol. The number of likely N-dealkylation sites (tertiary alicyclic amines) is 1. The third kappa shape index (κ3) is 5.59. The van der Waals surface area contributed by atoms with E-state index in [9.17, 15) is 13.6 Å². The van der Waals surface area contributed by atoms with Crippen molar-refractivity contribution in [3.8, 4) is 17.3 Å². The van der Waals surface area contributed by atoms with E-state index in [0.29, 0.717) is 55.7 Å². The van der Waals surface area contributed by atoms with Gasteiger partial charge in [0.2, 0.25) is 0 Å². The number of ether oxygens (including phenoxy) is 2. The number of nitrogens with one attached hydrogen (secondary N) is 2. The molecule has 11 nitrogen and oxygen atoms in total. The Kier molecular flexibility index (Phi) is 7.19. The summed E-state index contributed by atoms with van der Waals surface area (Å²) in [4.78, 5) is 30.4. The summed E-state index contributed by atoms with van der Waals surface area (Å²) in [6.07, 6.45) is 6.01. The molecule has 5 aliphatic rings. The van der Waals surface area contributed by atoms with Gasteiger partial charge in [0.1, 0.15) is 23.8 Å². The highest BCUT2D eigenvalue weighted by atomic mass is 19.3. The fraction of sp³-hybridized carbons (Fsp3) is 0.545. The van der Waals surface area contributed by atoms with Crippen LogP contribution in [0.5, 0.6) is 6.01 Å². The molecule has 0 radical (unpaired) electrons. The molecule has 9 rings (SSSR count). The van der Waals surface area contributed by atoms with E-state index < -0.39 is 29.9 Å². The second-order valence-electron chi connectivity index (χ2n) is 13.8. The van der Waals surface area contributed by atoms with Crippen LogP contribution in [0.15, 0.2) is 18.5 Å². The van der Waals surface area contributed by atoms with E-state index in [0.717, 1.165) is 34.9 Å². The van der Waals surface area contributed by atoms with Gasteiger partial charge in [-0.1, -0.05) is 0 Å². The molecule has 1 aliphatic carbocycles. The third-order valence-corrected chi connectivity index (χ3v) is 10.1. The first kappa shape index (κ1) is 30.2. The molecule has 3 aromatic heterocycles. The van der Waals surface area contributed by atoms with Crippen LogP contribution in [-0.4, -0.2) is 87.1 Å². The molecular weight excluding hydrogens is 613 g/mol. The first-order chi connectivity index (χ1) is 22.6. The van der Waals surface area contributed by atoms with Crippen LogP contribution in [0.4, 0.5) is 23.8 Å². The topological polar surface area (TPSA) is 121 Å². The minimum Gasteiger partial charge on any atom is -0.450 e. The van der Waals surface area contributed by atoms with Gasteiger partial charge < -0.3 is 19.7 Å². The van der Waals surface area contributed by atoms with Crippen LogP contribution in [0.1, 0.15) is 62.5 Å². The van der Waals surface area contributed by atoms with Gasteiger partial charge in [0.15, 0.2) is 5.82 Å². The Morgan fingerprint density at radius 2 is 1.98 bits per heavy atom. The lowest BCUT2D eigenvalue weighted by Crippen LogP contribution is -2.57. The minimum atomic E-state index is -2.80. The molecule has 7 heterocycles. The van der Waals surface area contributed by atoms with Gasteiger partial charge in [0.25, 0.3) is 5.92 Å². The van der Waals surface area contributed by atoms with Gasteiger partial charge >= 0.3 is 12.1 Å². The van der Waals surface area contributed by atoms with Crippen molar-refractivity contribution in [1.82, 2.24) is 35.4 Å². The Labute approximate surface area is 269 Å². The Morgan fingerprint density at radius 3 is 2.83 bits per heavy atom. The number of fused-ring (bicyclic) bond motifs is 6. The lowest BCUT2D eigenvalue weighted by Gasteiger charge is -2.41. The summed E-state index contributed by atoms with van der Waals surface area (Å²) in [6.45, 7) is 5.05. The Bertz CT molecular complexity index is 1890. The summed E-state index contributed by atoms with van der Waals surface area (Å²) in [7, 11) is 0. The second kappa shape index (κ2) is 11.2. The Hall–Kier alpha value is -4.20. The van der Waals surface area contributed by atoms with Gasteiger partial charge in [-0.3, -0.25) is 15.0 Å². The number of piperidine rings is 2. The number of halogens is 3. The second-order valence-corrected chi connectivity index (χ2v) is 13.8. The summed E-state index contributed by atoms with van der Waals surface area (Å²) in [5.74, 6) is -2.62. The number of nitrogens with zero attached hydrogens (tertiary/aromatic N) is 6. The summed E-state index contributed by atoms with van der Waals surface area (Å²) in [5.41, 5.74) is 2.94. The lowest BCUT2D eigenvalue weighted by molar-refractivity contribution is -0.0798. The van der Waals surface area contributed by atoms with Crippen LogP contribution in [0.3, 0.4) is 0 Å². The van der Waals surface area contributed by atoms with E-state index in [2.05, 4.69) is 20.5 Å². The number of carbonyl (C=O) groups excluding carboxylic acids is 1. The van der Waals surface area contributed by atoms with Crippen molar-refractivity contribution >= 4 is 33.7 Å². The highest BCUT2D eigenvalue weighted by Crippen LogP contribution is 2.54. The van der Waals surface area contributed by atoms with E-state index in [1.165, 1.54) is 4.90 Å². The molecular formula is C33H37F3N8O3. The lowest BCUT2D eigenvalue weighted by atomic mass is 9.90. The van der Waals surface area contributed by atoms with Crippen LogP contribution in [0.2, 0.25) is 0 Å². The number of H-pyrrole nitrogens is 1. The van der Waals surface area contributed by atoms with Crippen molar-refractivity contribution in [2.75, 3.05) is 44.4 Å². The molecule has 47 heavy (non-hydrogen) atoms. The standard InChI is InChI=1S/C33H37F3N8O3/c1-18-11-23-21(14-38-42-23)25-24(18)20-12-19(20)5-10-46-31(45)41-32(2)6-3-9-44(15-32)29-22-13-37-28(25)26(34)27(22)39-30(40-29)47-17-43-8-4-7-33(35,36)16-43/h11,13-14,19-20H,3-10,12,15-17H2,1-2H3,(H,38,42)(H,41,45)/t19-,20+,32-/m1/s1. The summed E-state index contributed by atoms with van der Waals surface area (Å²) < 4.78 is 57.0. The average molecular weight is 651 g/mol. The van der Waals surface area contributed by atoms with Gasteiger partial charge in [0.05, 0.1) is 35.8 Å². The highest BCUT2D eigenvalue weighted by Gasteiger charge is 2.42. The largest absolute Gasteiger partial charge is 0.450 e. The number of alkyl halides is 2. The number of aromatic amines is 1. The summed E-state index contributed by atoms with van der Waals surface area (Å²) in [5, 5.41) is 11.5. The van der Waals surface area contributed by atoms with Gasteiger partial charge in [-0.15, -0.1) is 0 Å². The number of hydrogen-bond donors (Lipinski definition) is 2. The maximum absolute atomic E-state index is 17.1. The van der Waals surface area contributed by atoms with E-state index >= 15 is 4.39 Å². The fourth-order valence-electron chi connectivity index (χ4n) is 7.81. The molecule has 1 saturated carbocycles. The molecule has 1 amide bonds. The number of aryl methyl sites for hydroxylation is 1. The number of rotatable bonds is 3. The van der Waals surface area contributed by atoms with Gasteiger partial charge in [-0.25, -0.2) is 18.0 Å². The zero-order valence-corrected chi connectivity index (χ0v) is 26.4. The number of carbonyl (C=O) groups is 1. The van der Waals surface area contributed by atoms with Crippen molar-refractivity contribution in [3.05, 3.63) is 35.4 Å². The molecule has 14 heteroatoms. The zero-order chi connectivity index (χ0) is 32.5. The molecule has 1 aromatic carbocycles. The normalized spacial score (nSPS) is 26.1. The molecule has 0 spiro atoms. The number of hydrogen-bond acceptors (Lipinski definition) is 9. The van der Waals surface area contributed by atoms with Crippen LogP contribution in [0, 0.1) is 18.7 Å². The molecule has 4 aromatic rings. The molecule has 3 atom stereocenters. The van der Waals surface area contributed by atoms with Gasteiger partial charge in [-0.05, 0) is 75.0 Å². The highest BCUT2D eigenvalue weighted by molar-refractivity contribution is 6.00. The number of anilines is 1. The number of pyridine rings is 1. The van der Waals surface area contributed by atoms with E-state index in [-0.39, 0.29) is 48.8 Å². The van der Waals surface area contributed by atoms with Crippen LogP contribution >= 0.6 is 0 Å². The van der Waals surface area contributed by atoms with Crippen molar-refractivity contribution in [2.24, 2.45) is 5.92 Å². The quantitative estimate of drug-likeness (QED) is 0.289. The minimum absolute atomic E-state index is 0.0272. The van der Waals surface area contributed by atoms with Crippen LogP contribution in [-0.2, 0) is 4.74 Å². The Morgan fingerprint density at radius 1 is 1.13 bits per heavy atom. The number of amides is 1. The van der Waals surface area contributed by atoms with E-state index in [1.807, 2.05) is 24.8 Å². The van der Waals surface area contributed by atoms with Crippen molar-refractivity contribution in [2.45, 2.75) is 69.8 Å². The summed E-state index contributed by atoms with van der Waals surface area (Å²) >= 11 is 0. The zero-order valence-electron chi connectivity index (χ0n) is 26.4. The van der Waals surface area contributed by atoms with Crippen molar-refractivity contribution < 1.29 is 27.4 Å². The third-order valence-electron chi connectivity index (χ3n) is 10.1. The van der Waals surface area contributed by atoms with Crippen LogP contribution in [0.25, 0.3) is 33.1 Å². The van der Waals surface area contributed by atoms with Gasteiger partial charge in [0, 0.05) is 43.2 Å². The molecule has 3 fully saturated rings. The van der Waals surface area contributed by atoms with Gasteiger partial charge in [-0.2, -0.15) is 15.1 Å². The van der Waals surface area contributed by atoms with E-state index in [4.69, 9.17) is 19.4 Å². The fourth-order valence-corrected chi connectivity index (χ4v) is 7.81. The molecule has 2 N–H and O–H groups in total. The van der Waals surface area contributed by atoms with Crippen molar-refractivity contribution in [1.29, 1.82) is 0 Å². The molecule has 0 unspecified atom stereocenters. The number of alkyl carbamates (subject to hydrolysis) is 1. The van der Waals surface area contributed by atoms with Crippen molar-refractivity contribution in [3.63, 3.8) is 0 Å².